The second-order valence-electron chi connectivity index (χ2n) is 8.29. The molecular weight excluding hydrogens is 533 g/mol. The number of rotatable bonds is 7. The summed E-state index contributed by atoms with van der Waals surface area (Å²) in [5.74, 6) is 1.17. The van der Waals surface area contributed by atoms with E-state index < -0.39 is 0 Å². The van der Waals surface area contributed by atoms with E-state index in [1.54, 1.807) is 0 Å². The van der Waals surface area contributed by atoms with Crippen LogP contribution in [0, 0.1) is 0 Å². The van der Waals surface area contributed by atoms with Gasteiger partial charge in [0.2, 0.25) is 5.91 Å². The number of halogens is 1. The summed E-state index contributed by atoms with van der Waals surface area (Å²) in [5.41, 5.74) is 2.37. The number of carbonyl (C=O) groups is 1. The molecule has 1 aromatic carbocycles. The highest BCUT2D eigenvalue weighted by molar-refractivity contribution is 14.0. The molecule has 1 amide bonds. The first-order chi connectivity index (χ1) is 15.2. The number of hydrogen-bond acceptors (Lipinski definition) is 4. The molecule has 8 heteroatoms. The largest absolute Gasteiger partial charge is 0.363 e. The van der Waals surface area contributed by atoms with Crippen molar-refractivity contribution in [2.45, 2.75) is 51.7 Å². The van der Waals surface area contributed by atoms with Crippen LogP contribution in [-0.2, 0) is 17.9 Å². The highest BCUT2D eigenvalue weighted by Gasteiger charge is 2.21. The van der Waals surface area contributed by atoms with Crippen molar-refractivity contribution in [2.75, 3.05) is 31.1 Å². The third-order valence-electron chi connectivity index (χ3n) is 5.99. The van der Waals surface area contributed by atoms with Crippen LogP contribution in [0.4, 0.5) is 5.00 Å². The molecule has 0 bridgehead atoms. The van der Waals surface area contributed by atoms with E-state index in [2.05, 4.69) is 64.2 Å². The van der Waals surface area contributed by atoms with Crippen LogP contribution in [0.1, 0.15) is 43.7 Å². The number of anilines is 1. The second-order valence-corrected chi connectivity index (χ2v) is 9.21. The Balaban J connectivity index is 0.00000289. The Morgan fingerprint density at radius 1 is 1.12 bits per heavy atom. The minimum Gasteiger partial charge on any atom is -0.363 e. The summed E-state index contributed by atoms with van der Waals surface area (Å²) in [6, 6.07) is 13.3. The summed E-state index contributed by atoms with van der Waals surface area (Å²) in [7, 11) is 0. The number of carbonyl (C=O) groups excluding carboxylic acids is 1. The molecule has 2 aliphatic heterocycles. The minimum atomic E-state index is 0. The predicted molar refractivity (Wildman–Crippen MR) is 144 cm³/mol. The van der Waals surface area contributed by atoms with E-state index in [0.717, 1.165) is 57.9 Å². The van der Waals surface area contributed by atoms with Gasteiger partial charge in [0.25, 0.3) is 0 Å². The second kappa shape index (κ2) is 12.4. The number of piperidine rings is 1. The number of thiophene rings is 1. The van der Waals surface area contributed by atoms with Gasteiger partial charge >= 0.3 is 0 Å². The molecule has 2 saturated heterocycles. The van der Waals surface area contributed by atoms with Crippen molar-refractivity contribution >= 4 is 52.2 Å². The first kappa shape index (κ1) is 24.8. The lowest BCUT2D eigenvalue weighted by Gasteiger charge is -2.33. The van der Waals surface area contributed by atoms with Crippen molar-refractivity contribution < 1.29 is 4.79 Å². The molecule has 0 saturated carbocycles. The number of nitrogens with zero attached hydrogens (tertiary/aromatic N) is 3. The van der Waals surface area contributed by atoms with Gasteiger partial charge in [-0.05, 0) is 54.8 Å². The van der Waals surface area contributed by atoms with E-state index in [-0.39, 0.29) is 29.9 Å². The van der Waals surface area contributed by atoms with Crippen molar-refractivity contribution in [3.05, 3.63) is 52.9 Å². The molecule has 0 spiro atoms. The summed E-state index contributed by atoms with van der Waals surface area (Å²) < 4.78 is 0. The molecule has 2 aliphatic rings. The van der Waals surface area contributed by atoms with Crippen molar-refractivity contribution in [3.8, 4) is 0 Å². The van der Waals surface area contributed by atoms with E-state index in [4.69, 9.17) is 4.99 Å². The molecule has 0 atom stereocenters. The van der Waals surface area contributed by atoms with Crippen LogP contribution in [-0.4, -0.2) is 49.0 Å². The van der Waals surface area contributed by atoms with Crippen LogP contribution in [0.3, 0.4) is 0 Å². The molecule has 32 heavy (non-hydrogen) atoms. The fourth-order valence-corrected chi connectivity index (χ4v) is 5.00. The molecule has 6 nitrogen and oxygen atoms in total. The standard InChI is InChI=1S/C24H33N5OS.HI/c1-2-25-24(27-21-11-14-28(15-12-21)23-6-4-16-31-23)26-17-19-7-9-20(10-8-19)18-29-13-3-5-22(29)30;/h4,6-10,16,21H,2-3,5,11-15,17-18H2,1H3,(H2,25,26,27);1H. The summed E-state index contributed by atoms with van der Waals surface area (Å²) in [5, 5.41) is 10.5. The van der Waals surface area contributed by atoms with Crippen molar-refractivity contribution in [3.63, 3.8) is 0 Å². The first-order valence-corrected chi connectivity index (χ1v) is 12.3. The highest BCUT2D eigenvalue weighted by atomic mass is 127. The molecule has 0 aliphatic carbocycles. The third kappa shape index (κ3) is 6.84. The monoisotopic (exact) mass is 567 g/mol. The molecule has 2 aromatic rings. The number of amides is 1. The average Bonchev–Trinajstić information content (AvgIpc) is 3.46. The lowest BCUT2D eigenvalue weighted by molar-refractivity contribution is -0.128. The summed E-state index contributed by atoms with van der Waals surface area (Å²) in [6.45, 7) is 7.36. The molecule has 2 N–H and O–H groups in total. The predicted octanol–water partition coefficient (Wildman–Crippen LogP) is 4.21. The Bertz CT molecular complexity index is 863. The van der Waals surface area contributed by atoms with Gasteiger partial charge in [0.05, 0.1) is 11.5 Å². The maximum Gasteiger partial charge on any atom is 0.222 e. The maximum atomic E-state index is 11.8. The normalized spacial score (nSPS) is 17.4. The van der Waals surface area contributed by atoms with Gasteiger partial charge in [0, 0.05) is 45.2 Å². The molecule has 1 aromatic heterocycles. The maximum absolute atomic E-state index is 11.8. The van der Waals surface area contributed by atoms with Gasteiger partial charge in [0.1, 0.15) is 0 Å². The fraction of sp³-hybridized carbons (Fsp3) is 0.500. The van der Waals surface area contributed by atoms with Crippen LogP contribution in [0.5, 0.6) is 0 Å². The molecule has 3 heterocycles. The van der Waals surface area contributed by atoms with Crippen molar-refractivity contribution in [1.29, 1.82) is 0 Å². The molecular formula is C24H34IN5OS. The number of nitrogens with one attached hydrogen (secondary N) is 2. The number of guanidine groups is 1. The fourth-order valence-electron chi connectivity index (χ4n) is 4.22. The van der Waals surface area contributed by atoms with Gasteiger partial charge < -0.3 is 20.4 Å². The van der Waals surface area contributed by atoms with Crippen LogP contribution in [0.15, 0.2) is 46.8 Å². The summed E-state index contributed by atoms with van der Waals surface area (Å²) in [4.78, 5) is 21.1. The van der Waals surface area contributed by atoms with Gasteiger partial charge in [-0.15, -0.1) is 35.3 Å². The zero-order chi connectivity index (χ0) is 21.5. The number of hydrogen-bond donors (Lipinski definition) is 2. The molecule has 174 valence electrons. The van der Waals surface area contributed by atoms with Crippen LogP contribution < -0.4 is 15.5 Å². The van der Waals surface area contributed by atoms with Gasteiger partial charge in [0.15, 0.2) is 5.96 Å². The molecule has 2 fully saturated rings. The van der Waals surface area contributed by atoms with Gasteiger partial charge in [-0.25, -0.2) is 4.99 Å². The van der Waals surface area contributed by atoms with E-state index >= 15 is 0 Å². The van der Waals surface area contributed by atoms with E-state index in [1.165, 1.54) is 16.1 Å². The Morgan fingerprint density at radius 3 is 2.50 bits per heavy atom. The SMILES string of the molecule is CCNC(=NCc1ccc(CN2CCCC2=O)cc1)NC1CCN(c2cccs2)CC1.I. The Hall–Kier alpha value is -1.81. The van der Waals surface area contributed by atoms with Crippen LogP contribution >= 0.6 is 35.3 Å². The number of benzene rings is 1. The zero-order valence-corrected chi connectivity index (χ0v) is 21.9. The van der Waals surface area contributed by atoms with E-state index in [0.29, 0.717) is 19.0 Å². The lowest BCUT2D eigenvalue weighted by atomic mass is 10.1. The van der Waals surface area contributed by atoms with Gasteiger partial charge in [-0.2, -0.15) is 0 Å². The van der Waals surface area contributed by atoms with Crippen LogP contribution in [0.25, 0.3) is 0 Å². The Kier molecular flexibility index (Phi) is 9.65. The van der Waals surface area contributed by atoms with E-state index in [9.17, 15) is 4.79 Å². The number of aliphatic imine (C=N–C) groups is 1. The molecule has 0 radical (unpaired) electrons. The summed E-state index contributed by atoms with van der Waals surface area (Å²) >= 11 is 1.82. The van der Waals surface area contributed by atoms with Gasteiger partial charge in [-0.1, -0.05) is 24.3 Å². The van der Waals surface area contributed by atoms with Crippen molar-refractivity contribution in [1.82, 2.24) is 15.5 Å². The Morgan fingerprint density at radius 2 is 1.88 bits per heavy atom. The third-order valence-corrected chi connectivity index (χ3v) is 6.91. The van der Waals surface area contributed by atoms with Gasteiger partial charge in [-0.3, -0.25) is 4.79 Å². The molecule has 4 rings (SSSR count). The zero-order valence-electron chi connectivity index (χ0n) is 18.8. The average molecular weight is 568 g/mol. The Labute approximate surface area is 212 Å². The lowest BCUT2D eigenvalue weighted by Crippen LogP contribution is -2.48. The first-order valence-electron chi connectivity index (χ1n) is 11.4. The van der Waals surface area contributed by atoms with E-state index in [1.807, 2.05) is 16.2 Å². The number of likely N-dealkylation sites (tertiary alicyclic amines) is 1. The van der Waals surface area contributed by atoms with Crippen molar-refractivity contribution in [2.24, 2.45) is 4.99 Å². The minimum absolute atomic E-state index is 0. The highest BCUT2D eigenvalue weighted by Crippen LogP contribution is 2.24. The smallest absolute Gasteiger partial charge is 0.222 e. The summed E-state index contributed by atoms with van der Waals surface area (Å²) in [6.07, 6.45) is 3.91. The van der Waals surface area contributed by atoms with Crippen LogP contribution in [0.2, 0.25) is 0 Å². The topological polar surface area (TPSA) is 60.0 Å². The quantitative estimate of drug-likeness (QED) is 0.299. The molecule has 0 unspecified atom stereocenters.